The molecule has 21 heavy (non-hydrogen) atoms. The van der Waals surface area contributed by atoms with Crippen LogP contribution in [-0.4, -0.2) is 28.4 Å². The lowest BCUT2D eigenvalue weighted by molar-refractivity contribution is -0.131. The molecule has 1 aromatic carbocycles. The quantitative estimate of drug-likeness (QED) is 0.942. The molecule has 5 heteroatoms. The molecule has 1 saturated heterocycles. The minimum atomic E-state index is -1.07. The Bertz CT molecular complexity index is 689. The van der Waals surface area contributed by atoms with Crippen LogP contribution >= 0.6 is 0 Å². The molecule has 2 heterocycles. The van der Waals surface area contributed by atoms with Gasteiger partial charge in [0.2, 0.25) is 11.7 Å². The van der Waals surface area contributed by atoms with Crippen LogP contribution in [0.5, 0.6) is 0 Å². The first-order valence-corrected chi connectivity index (χ1v) is 7.17. The number of amides is 1. The van der Waals surface area contributed by atoms with E-state index in [9.17, 15) is 9.59 Å². The zero-order valence-corrected chi connectivity index (χ0v) is 11.7. The average molecular weight is 287 g/mol. The highest BCUT2D eigenvalue weighted by Crippen LogP contribution is 2.22. The topological polar surface area (TPSA) is 70.8 Å². The fourth-order valence-corrected chi connectivity index (χ4v) is 2.72. The van der Waals surface area contributed by atoms with E-state index in [1.807, 2.05) is 17.0 Å². The zero-order chi connectivity index (χ0) is 14.8. The first-order valence-electron chi connectivity index (χ1n) is 7.17. The van der Waals surface area contributed by atoms with E-state index in [-0.39, 0.29) is 11.7 Å². The van der Waals surface area contributed by atoms with Crippen molar-refractivity contribution in [1.82, 2.24) is 4.90 Å². The normalized spacial score (nSPS) is 16.2. The van der Waals surface area contributed by atoms with E-state index in [0.717, 1.165) is 36.8 Å². The number of fused-ring (bicyclic) bond motifs is 1. The number of likely N-dealkylation sites (tertiary alicyclic amines) is 1. The highest BCUT2D eigenvalue weighted by atomic mass is 16.4. The second-order valence-electron chi connectivity index (χ2n) is 5.41. The van der Waals surface area contributed by atoms with Crippen molar-refractivity contribution in [3.05, 3.63) is 35.6 Å². The minimum Gasteiger partial charge on any atom is -0.475 e. The van der Waals surface area contributed by atoms with Crippen molar-refractivity contribution < 1.29 is 19.1 Å². The third kappa shape index (κ3) is 2.91. The third-order valence-corrected chi connectivity index (χ3v) is 3.84. The van der Waals surface area contributed by atoms with E-state index >= 15 is 0 Å². The van der Waals surface area contributed by atoms with Crippen molar-refractivity contribution >= 4 is 22.8 Å². The highest BCUT2D eigenvalue weighted by molar-refractivity contribution is 5.91. The maximum Gasteiger partial charge on any atom is 0.371 e. The molecule has 1 aliphatic rings. The molecule has 0 radical (unpaired) electrons. The van der Waals surface area contributed by atoms with Gasteiger partial charge in [-0.1, -0.05) is 12.5 Å². The minimum absolute atomic E-state index is 0.0620. The van der Waals surface area contributed by atoms with E-state index in [1.54, 1.807) is 6.07 Å². The molecule has 1 aliphatic heterocycles. The number of hydrogen-bond donors (Lipinski definition) is 1. The number of rotatable bonds is 3. The number of benzene rings is 1. The van der Waals surface area contributed by atoms with Crippen molar-refractivity contribution in [3.63, 3.8) is 0 Å². The molecule has 1 amide bonds. The SMILES string of the molecule is O=C(O)c1cc2cc(CN3CCCCCC3=O)ccc2o1. The molecule has 1 N–H and O–H groups in total. The summed E-state index contributed by atoms with van der Waals surface area (Å²) in [6.45, 7) is 1.37. The van der Waals surface area contributed by atoms with Gasteiger partial charge in [0.1, 0.15) is 5.58 Å². The molecular weight excluding hydrogens is 270 g/mol. The van der Waals surface area contributed by atoms with Gasteiger partial charge in [0.15, 0.2) is 0 Å². The van der Waals surface area contributed by atoms with Crippen molar-refractivity contribution in [1.29, 1.82) is 0 Å². The Morgan fingerprint density at radius 2 is 2.10 bits per heavy atom. The summed E-state index contributed by atoms with van der Waals surface area (Å²) in [7, 11) is 0. The molecular formula is C16H17NO4. The van der Waals surface area contributed by atoms with Gasteiger partial charge in [0.05, 0.1) is 0 Å². The molecule has 2 aromatic rings. The first kappa shape index (κ1) is 13.7. The number of nitrogens with zero attached hydrogens (tertiary/aromatic N) is 1. The maximum atomic E-state index is 12.0. The number of hydrogen-bond acceptors (Lipinski definition) is 3. The zero-order valence-electron chi connectivity index (χ0n) is 11.7. The van der Waals surface area contributed by atoms with Crippen molar-refractivity contribution in [3.8, 4) is 0 Å². The predicted molar refractivity (Wildman–Crippen MR) is 77.1 cm³/mol. The van der Waals surface area contributed by atoms with E-state index in [1.165, 1.54) is 6.07 Å². The molecule has 0 bridgehead atoms. The fraction of sp³-hybridized carbons (Fsp3) is 0.375. The summed E-state index contributed by atoms with van der Waals surface area (Å²) >= 11 is 0. The lowest BCUT2D eigenvalue weighted by Crippen LogP contribution is -2.29. The number of aromatic carboxylic acids is 1. The summed E-state index contributed by atoms with van der Waals surface area (Å²) in [5.41, 5.74) is 1.55. The summed E-state index contributed by atoms with van der Waals surface area (Å²) in [5.74, 6) is -0.936. The van der Waals surface area contributed by atoms with Gasteiger partial charge in [-0.15, -0.1) is 0 Å². The van der Waals surface area contributed by atoms with Gasteiger partial charge in [-0.05, 0) is 36.6 Å². The van der Waals surface area contributed by atoms with Gasteiger partial charge in [-0.25, -0.2) is 4.79 Å². The Hall–Kier alpha value is -2.30. The van der Waals surface area contributed by atoms with Gasteiger partial charge in [-0.2, -0.15) is 0 Å². The van der Waals surface area contributed by atoms with Gasteiger partial charge >= 0.3 is 5.97 Å². The Kier molecular flexibility index (Phi) is 3.64. The summed E-state index contributed by atoms with van der Waals surface area (Å²) in [5, 5.41) is 9.69. The molecule has 0 unspecified atom stereocenters. The molecule has 0 atom stereocenters. The van der Waals surface area contributed by atoms with Crippen LogP contribution in [0.15, 0.2) is 28.7 Å². The lowest BCUT2D eigenvalue weighted by Gasteiger charge is -2.20. The van der Waals surface area contributed by atoms with Gasteiger partial charge in [0, 0.05) is 24.9 Å². The number of carbonyl (C=O) groups is 2. The molecule has 110 valence electrons. The van der Waals surface area contributed by atoms with Crippen LogP contribution in [0.2, 0.25) is 0 Å². The smallest absolute Gasteiger partial charge is 0.371 e. The molecule has 1 aromatic heterocycles. The number of furan rings is 1. The van der Waals surface area contributed by atoms with Crippen LogP contribution in [0.3, 0.4) is 0 Å². The van der Waals surface area contributed by atoms with Gasteiger partial charge in [-0.3, -0.25) is 4.79 Å². The van der Waals surface area contributed by atoms with E-state index in [4.69, 9.17) is 9.52 Å². The van der Waals surface area contributed by atoms with Crippen molar-refractivity contribution in [2.24, 2.45) is 0 Å². The Labute approximate surface area is 122 Å². The number of carbonyl (C=O) groups excluding carboxylic acids is 1. The van der Waals surface area contributed by atoms with Crippen LogP contribution in [-0.2, 0) is 11.3 Å². The number of carboxylic acids is 1. The highest BCUT2D eigenvalue weighted by Gasteiger charge is 2.17. The summed E-state index contributed by atoms with van der Waals surface area (Å²) in [6, 6.07) is 7.06. The van der Waals surface area contributed by atoms with Crippen molar-refractivity contribution in [2.45, 2.75) is 32.2 Å². The fourth-order valence-electron chi connectivity index (χ4n) is 2.72. The summed E-state index contributed by atoms with van der Waals surface area (Å²) in [6.07, 6.45) is 3.74. The standard InChI is InChI=1S/C16H17NO4/c18-15-4-2-1-3-7-17(15)10-11-5-6-13-12(8-11)9-14(21-13)16(19)20/h5-6,8-9H,1-4,7,10H2,(H,19,20). The predicted octanol–water partition coefficient (Wildman–Crippen LogP) is 3.03. The van der Waals surface area contributed by atoms with E-state index in [0.29, 0.717) is 18.5 Å². The van der Waals surface area contributed by atoms with Crippen LogP contribution in [0.1, 0.15) is 41.8 Å². The monoisotopic (exact) mass is 287 g/mol. The summed E-state index contributed by atoms with van der Waals surface area (Å²) in [4.78, 5) is 24.8. The average Bonchev–Trinajstić information content (AvgIpc) is 2.78. The van der Waals surface area contributed by atoms with E-state index in [2.05, 4.69) is 0 Å². The van der Waals surface area contributed by atoms with Gasteiger partial charge in [0.25, 0.3) is 0 Å². The Morgan fingerprint density at radius 1 is 1.24 bits per heavy atom. The lowest BCUT2D eigenvalue weighted by atomic mass is 10.1. The van der Waals surface area contributed by atoms with Gasteiger partial charge < -0.3 is 14.4 Å². The van der Waals surface area contributed by atoms with Crippen LogP contribution in [0, 0.1) is 0 Å². The molecule has 1 fully saturated rings. The molecule has 0 spiro atoms. The van der Waals surface area contributed by atoms with Crippen LogP contribution in [0.25, 0.3) is 11.0 Å². The second kappa shape index (κ2) is 5.60. The van der Waals surface area contributed by atoms with Crippen LogP contribution in [0.4, 0.5) is 0 Å². The van der Waals surface area contributed by atoms with Crippen molar-refractivity contribution in [2.75, 3.05) is 6.54 Å². The first-order chi connectivity index (χ1) is 10.1. The molecule has 0 aliphatic carbocycles. The molecule has 0 saturated carbocycles. The Morgan fingerprint density at radius 3 is 2.90 bits per heavy atom. The maximum absolute atomic E-state index is 12.0. The number of carboxylic acid groups (broad SMARTS) is 1. The second-order valence-corrected chi connectivity index (χ2v) is 5.41. The summed E-state index contributed by atoms with van der Waals surface area (Å²) < 4.78 is 5.24. The Balaban J connectivity index is 1.83. The van der Waals surface area contributed by atoms with Crippen LogP contribution < -0.4 is 0 Å². The largest absolute Gasteiger partial charge is 0.475 e. The van der Waals surface area contributed by atoms with E-state index < -0.39 is 5.97 Å². The molecule has 5 nitrogen and oxygen atoms in total. The molecule has 3 rings (SSSR count). The third-order valence-electron chi connectivity index (χ3n) is 3.84.